The summed E-state index contributed by atoms with van der Waals surface area (Å²) >= 11 is 1.83. The van der Waals surface area contributed by atoms with E-state index in [1.165, 1.54) is 54.1 Å². The molecule has 0 saturated heterocycles. The number of carbonyl (C=O) groups excluding carboxylic acids is 1. The molecule has 0 spiro atoms. The molecule has 6 heteroatoms. The van der Waals surface area contributed by atoms with Crippen molar-refractivity contribution in [3.8, 4) is 21.7 Å². The van der Waals surface area contributed by atoms with Gasteiger partial charge in [-0.05, 0) is 80.4 Å². The number of para-hydroxylation sites is 1. The molecule has 3 aromatic carbocycles. The van der Waals surface area contributed by atoms with Crippen LogP contribution in [0.2, 0.25) is 0 Å². The predicted octanol–water partition coefficient (Wildman–Crippen LogP) is 15.1. The maximum atomic E-state index is 12.2. The summed E-state index contributed by atoms with van der Waals surface area (Å²) in [6.07, 6.45) is 7.72. The van der Waals surface area contributed by atoms with Gasteiger partial charge in [-0.25, -0.2) is 0 Å². The molecular formula is C50H62IrNO3S-. The van der Waals surface area contributed by atoms with Gasteiger partial charge in [0.1, 0.15) is 17.1 Å². The minimum atomic E-state index is -0.337. The maximum absolute atomic E-state index is 12.2. The van der Waals surface area contributed by atoms with Crippen molar-refractivity contribution in [1.29, 1.82) is 0 Å². The number of aliphatic hydroxyl groups excluding tert-OH is 1. The Morgan fingerprint density at radius 3 is 2.12 bits per heavy atom. The van der Waals surface area contributed by atoms with Gasteiger partial charge in [0.25, 0.3) is 0 Å². The quantitative estimate of drug-likeness (QED) is 0.0798. The number of hydrogen-bond acceptors (Lipinski definition) is 5. The Balaban J connectivity index is 0.000000330. The van der Waals surface area contributed by atoms with Crippen molar-refractivity contribution in [3.05, 3.63) is 101 Å². The fraction of sp³-hybridized carbons (Fsp3) is 0.440. The van der Waals surface area contributed by atoms with E-state index < -0.39 is 0 Å². The Morgan fingerprint density at radius 2 is 1.52 bits per heavy atom. The van der Waals surface area contributed by atoms with Crippen LogP contribution in [0.15, 0.2) is 77.0 Å². The molecule has 0 bridgehead atoms. The van der Waals surface area contributed by atoms with Crippen molar-refractivity contribution in [2.24, 2.45) is 16.7 Å². The molecule has 6 rings (SSSR count). The van der Waals surface area contributed by atoms with Gasteiger partial charge in [0.2, 0.25) is 0 Å². The van der Waals surface area contributed by atoms with E-state index in [1.54, 1.807) is 0 Å². The van der Waals surface area contributed by atoms with E-state index in [2.05, 4.69) is 109 Å². The van der Waals surface area contributed by atoms with Crippen LogP contribution in [0, 0.1) is 36.7 Å². The van der Waals surface area contributed by atoms with Crippen molar-refractivity contribution in [2.45, 2.75) is 128 Å². The van der Waals surface area contributed by atoms with Crippen molar-refractivity contribution in [1.82, 2.24) is 4.98 Å². The van der Waals surface area contributed by atoms with E-state index in [0.717, 1.165) is 60.1 Å². The number of aliphatic hydroxyl groups is 1. The van der Waals surface area contributed by atoms with Gasteiger partial charge in [-0.2, -0.15) is 0 Å². The number of fused-ring (bicyclic) bond motifs is 3. The summed E-state index contributed by atoms with van der Waals surface area (Å²) in [6, 6.07) is 23.3. The number of ketones is 1. The van der Waals surface area contributed by atoms with Gasteiger partial charge in [-0.1, -0.05) is 117 Å². The molecule has 301 valence electrons. The number of benzene rings is 3. The van der Waals surface area contributed by atoms with E-state index in [-0.39, 0.29) is 47.9 Å². The Bertz CT molecular complexity index is 2340. The zero-order chi connectivity index (χ0) is 40.5. The maximum Gasteiger partial charge on any atom is 0.164 e. The third kappa shape index (κ3) is 8.94. The van der Waals surface area contributed by atoms with Crippen molar-refractivity contribution in [3.63, 3.8) is 0 Å². The zero-order valence-electron chi connectivity index (χ0n) is 35.9. The van der Waals surface area contributed by atoms with Crippen LogP contribution >= 0.6 is 11.3 Å². The molecule has 0 unspecified atom stereocenters. The molecule has 0 aliphatic carbocycles. The van der Waals surface area contributed by atoms with Gasteiger partial charge < -0.3 is 9.52 Å². The number of allylic oxidation sites excluding steroid dienone is 2. The molecule has 1 N–H and O–H groups in total. The molecule has 6 aromatic rings. The van der Waals surface area contributed by atoms with Gasteiger partial charge in [0, 0.05) is 75.0 Å². The predicted molar refractivity (Wildman–Crippen MR) is 236 cm³/mol. The van der Waals surface area contributed by atoms with Gasteiger partial charge >= 0.3 is 0 Å². The second-order valence-corrected chi connectivity index (χ2v) is 18.4. The largest absolute Gasteiger partial charge is 0.512 e. The first-order valence-corrected chi connectivity index (χ1v) is 21.0. The van der Waals surface area contributed by atoms with Crippen molar-refractivity contribution >= 4 is 48.9 Å². The van der Waals surface area contributed by atoms with Crippen LogP contribution in [0.25, 0.3) is 53.5 Å². The number of carbonyl (C=O) groups is 1. The third-order valence-electron chi connectivity index (χ3n) is 12.2. The van der Waals surface area contributed by atoms with Crippen molar-refractivity contribution in [2.75, 3.05) is 0 Å². The smallest absolute Gasteiger partial charge is 0.164 e. The topological polar surface area (TPSA) is 63.3 Å². The second-order valence-electron chi connectivity index (χ2n) is 17.3. The summed E-state index contributed by atoms with van der Waals surface area (Å²) in [5, 5.41) is 15.0. The van der Waals surface area contributed by atoms with Crippen molar-refractivity contribution < 1.29 is 34.4 Å². The molecule has 3 aromatic heterocycles. The first-order valence-electron chi connectivity index (χ1n) is 20.2. The number of hydrogen-bond donors (Lipinski definition) is 1. The summed E-state index contributed by atoms with van der Waals surface area (Å²) < 4.78 is 7.68. The second kappa shape index (κ2) is 17.9. The van der Waals surface area contributed by atoms with Crippen LogP contribution in [0.5, 0.6) is 0 Å². The van der Waals surface area contributed by atoms with Crippen LogP contribution in [0.4, 0.5) is 0 Å². The van der Waals surface area contributed by atoms with Gasteiger partial charge in [0.05, 0.1) is 0 Å². The van der Waals surface area contributed by atoms with Crippen LogP contribution < -0.4 is 0 Å². The molecule has 0 aliphatic heterocycles. The molecule has 3 heterocycles. The minimum absolute atomic E-state index is 0. The number of aromatic nitrogens is 1. The average molecular weight is 949 g/mol. The normalized spacial score (nSPS) is 12.6. The van der Waals surface area contributed by atoms with E-state index in [9.17, 15) is 9.90 Å². The molecule has 4 nitrogen and oxygen atoms in total. The molecular weight excluding hydrogens is 887 g/mol. The Hall–Kier alpha value is -3.57. The van der Waals surface area contributed by atoms with Gasteiger partial charge in [-0.3, -0.25) is 9.78 Å². The first-order chi connectivity index (χ1) is 25.9. The molecule has 0 saturated carbocycles. The van der Waals surface area contributed by atoms with Crippen LogP contribution in [0.1, 0.15) is 124 Å². The third-order valence-corrected chi connectivity index (χ3v) is 13.4. The zero-order valence-corrected chi connectivity index (χ0v) is 39.1. The molecule has 0 fully saturated rings. The fourth-order valence-corrected chi connectivity index (χ4v) is 8.67. The number of nitrogens with zero attached hydrogens (tertiary/aromatic N) is 1. The monoisotopic (exact) mass is 949 g/mol. The Morgan fingerprint density at radius 1 is 0.893 bits per heavy atom. The summed E-state index contributed by atoms with van der Waals surface area (Å²) in [5.74, 6) is 1.89. The Kier molecular flexibility index (Phi) is 14.4. The number of thiophene rings is 1. The van der Waals surface area contributed by atoms with Gasteiger partial charge in [0.15, 0.2) is 5.78 Å². The van der Waals surface area contributed by atoms with Crippen LogP contribution in [0.3, 0.4) is 0 Å². The number of rotatable bonds is 11. The molecule has 0 aliphatic rings. The molecule has 0 atom stereocenters. The Labute approximate surface area is 353 Å². The summed E-state index contributed by atoms with van der Waals surface area (Å²) in [4.78, 5) is 18.4. The SMILES string of the molecule is CCC(C)(CC)C(=O)/C=C(\O)C(C)(CC)CC.Cc1oc2c(-c3sc4ccnc(-c5[c-]c6ccccc6c(C(C)(C)C)c5)c4c3C)cccc2c1CC(C)C.[Ir]. The standard InChI is InChI=1S/C35H34NOS.C15H28O2.Ir/c1-20(2)17-28-22(4)37-33-26(28)13-10-14-27(33)34-21(3)31-30(38-34)15-16-36-32(31)24-18-23-11-8-9-12-25(23)29(19-24)35(5,6)7;1-7-14(5,8-2)12(16)11-13(17)15(6,9-3)10-4;/h8-16,19-20H,17H2,1-7H3;11,16H,7-10H2,1-6H3;/q-1;;/b;12-11-;. The summed E-state index contributed by atoms with van der Waals surface area (Å²) in [7, 11) is 0. The van der Waals surface area contributed by atoms with E-state index in [4.69, 9.17) is 9.40 Å². The van der Waals surface area contributed by atoms with Crippen LogP contribution in [-0.4, -0.2) is 15.9 Å². The molecule has 0 amide bonds. The number of pyridine rings is 1. The molecule has 1 radical (unpaired) electrons. The minimum Gasteiger partial charge on any atom is -0.512 e. The summed E-state index contributed by atoms with van der Waals surface area (Å²) in [5.41, 5.74) is 7.53. The molecule has 56 heavy (non-hydrogen) atoms. The van der Waals surface area contributed by atoms with E-state index >= 15 is 0 Å². The summed E-state index contributed by atoms with van der Waals surface area (Å²) in [6.45, 7) is 27.8. The number of aryl methyl sites for hydroxylation is 2. The fourth-order valence-electron chi connectivity index (χ4n) is 7.44. The first kappa shape index (κ1) is 45.1. The van der Waals surface area contributed by atoms with Crippen LogP contribution in [-0.2, 0) is 36.7 Å². The van der Waals surface area contributed by atoms with E-state index in [1.807, 2.05) is 59.1 Å². The van der Waals surface area contributed by atoms with E-state index in [0.29, 0.717) is 5.92 Å². The number of furan rings is 1. The van der Waals surface area contributed by atoms with Gasteiger partial charge in [-0.15, -0.1) is 40.5 Å². The average Bonchev–Trinajstić information content (AvgIpc) is 3.68.